The number of carbonyl (C=O) groups is 2. The minimum absolute atomic E-state index is 0.0442. The smallest absolute Gasteiger partial charge is 0.336 e. The summed E-state index contributed by atoms with van der Waals surface area (Å²) in [5, 5.41) is 54.7. The number of nitro benzene ring substituents is 2. The summed E-state index contributed by atoms with van der Waals surface area (Å²) in [7, 11) is 0. The number of imidazole rings is 4. The lowest BCUT2D eigenvalue weighted by Crippen LogP contribution is -2.16. The van der Waals surface area contributed by atoms with Crippen molar-refractivity contribution in [2.24, 2.45) is 0 Å². The second-order valence-corrected chi connectivity index (χ2v) is 31.5. The third-order valence-corrected chi connectivity index (χ3v) is 23.7. The van der Waals surface area contributed by atoms with E-state index in [1.807, 2.05) is 116 Å². The van der Waals surface area contributed by atoms with Crippen molar-refractivity contribution in [2.45, 2.75) is 0 Å². The molecule has 0 radical (unpaired) electrons. The largest absolute Gasteiger partial charge is 0.478 e. The number of hydrogen-bond donors (Lipinski definition) is 9. The minimum Gasteiger partial charge on any atom is -0.478 e. The fourth-order valence-electron chi connectivity index (χ4n) is 17.1. The Morgan fingerprint density at radius 3 is 1.20 bits per heavy atom. The van der Waals surface area contributed by atoms with Crippen LogP contribution in [0.4, 0.5) is 22.7 Å². The highest BCUT2D eigenvalue weighted by Crippen LogP contribution is 2.44. The van der Waals surface area contributed by atoms with Crippen molar-refractivity contribution in [1.29, 1.82) is 0 Å². The second kappa shape index (κ2) is 29.8. The van der Waals surface area contributed by atoms with Gasteiger partial charge in [0, 0.05) is 156 Å². The zero-order valence-electron chi connectivity index (χ0n) is 64.2. The summed E-state index contributed by atoms with van der Waals surface area (Å²) >= 11 is 7.06. The number of aromatic carboxylic acids is 1. The minimum atomic E-state index is -1.15. The number of rotatable bonds is 9. The van der Waals surface area contributed by atoms with Gasteiger partial charge < -0.3 is 45.3 Å². The molecule has 0 aliphatic heterocycles. The molecule has 22 nitrogen and oxygen atoms in total. The standard InChI is InChI=1S/C31H19BrN4O3.C23H12BrN5O4.C23H15N3.C22H13N3/c32-16-9-12-26-23(13-16)25(15-33-26)29-35-27-20-6-2-1-5-18(20)19-11-10-17(14-24(19)28(27)36-29)34-30(37)21-7-3-4-8-22(21)31(38)39;24-11-1-6-20-16(7-11)19(10-25-20)23-26-21-17-8-12(28(30)31)2-4-14(17)15-5-3-13(29(32)33)9-18(15)22(21)27-23;1-3-10-17-14(7-1)15-8-2-4-11-18(15)22-21(17)25-23(26-22)19-13-24-20-12-6-5-9-16(19)20;1-23-15-8-6-7-14(13-15)22-24-20-18-11-4-2-9-16(18)17-10-3-5-12-19(17)21(20)25-22/h1-15,33H,(H,34,37)(H,35,36)(H,38,39);1-10,25H,(H,26,27);1-13,24H,(H,25,26);2-13H,(H,24,25). The maximum absolute atomic E-state index is 13.1. The number of benzene rings is 17. The molecule has 7 aromatic heterocycles. The van der Waals surface area contributed by atoms with Crippen molar-refractivity contribution in [3.8, 4) is 45.6 Å². The number of non-ortho nitro benzene ring substituents is 2. The van der Waals surface area contributed by atoms with Crippen LogP contribution < -0.4 is 5.32 Å². The van der Waals surface area contributed by atoms with Crippen molar-refractivity contribution in [2.75, 3.05) is 5.32 Å². The lowest BCUT2D eigenvalue weighted by molar-refractivity contribution is -0.384. The zero-order valence-corrected chi connectivity index (χ0v) is 67.3. The fourth-order valence-corrected chi connectivity index (χ4v) is 17.8. The van der Waals surface area contributed by atoms with Crippen molar-refractivity contribution in [3.05, 3.63) is 355 Å². The van der Waals surface area contributed by atoms with Crippen LogP contribution in [0.25, 0.3) is 213 Å². The van der Waals surface area contributed by atoms with Crippen LogP contribution in [0.15, 0.2) is 313 Å². The van der Waals surface area contributed by atoms with Gasteiger partial charge >= 0.3 is 5.97 Å². The quantitative estimate of drug-likeness (QED) is 0.0283. The molecule has 7 heterocycles. The van der Waals surface area contributed by atoms with E-state index in [1.54, 1.807) is 24.3 Å². The predicted molar refractivity (Wildman–Crippen MR) is 498 cm³/mol. The summed E-state index contributed by atoms with van der Waals surface area (Å²) < 4.78 is 1.89. The van der Waals surface area contributed by atoms with Crippen LogP contribution >= 0.6 is 31.9 Å². The van der Waals surface area contributed by atoms with E-state index in [9.17, 15) is 34.9 Å². The number of para-hydroxylation sites is 1. The van der Waals surface area contributed by atoms with E-state index in [0.29, 0.717) is 39.0 Å². The SMILES string of the molecule is O=C(O)c1ccccc1C(=O)Nc1ccc2c3ccccc3c3nc(-c4c[nH]c5ccc(Br)cc45)[nH]c3c2c1.O=[N+]([O-])c1ccc2c3ccc([N+](=O)[O-])cc3c3[nH]c(-c4c[nH]c5ccc(Br)cc45)nc3c2c1.[C-]#[N+]c1cccc(-c2nc3c4ccccc4c4ccccc4c3[nH]2)c1.c1ccc2c(-c3nc4c5ccccc5c5ccccc5c4[nH]3)c[nH]c2c1. The third kappa shape index (κ3) is 12.9. The van der Waals surface area contributed by atoms with Crippen LogP contribution in [-0.4, -0.2) is 81.7 Å². The molecule has 0 saturated heterocycles. The number of aromatic amines is 7. The van der Waals surface area contributed by atoms with Crippen molar-refractivity contribution >= 4 is 230 Å². The van der Waals surface area contributed by atoms with E-state index in [-0.39, 0.29) is 22.5 Å². The van der Waals surface area contributed by atoms with Crippen LogP contribution in [0.2, 0.25) is 0 Å². The van der Waals surface area contributed by atoms with Gasteiger partial charge in [-0.25, -0.2) is 29.6 Å². The number of anilines is 1. The van der Waals surface area contributed by atoms with Crippen LogP contribution in [0.1, 0.15) is 20.7 Å². The van der Waals surface area contributed by atoms with Gasteiger partial charge in [0.05, 0.1) is 71.7 Å². The van der Waals surface area contributed by atoms with Gasteiger partial charge in [-0.15, -0.1) is 0 Å². The number of carboxylic acids is 1. The Morgan fingerprint density at radius 2 is 0.715 bits per heavy atom. The van der Waals surface area contributed by atoms with Crippen LogP contribution in [-0.2, 0) is 0 Å². The summed E-state index contributed by atoms with van der Waals surface area (Å²) in [6.45, 7) is 7.22. The first kappa shape index (κ1) is 74.1. The number of nitro groups is 2. The van der Waals surface area contributed by atoms with Gasteiger partial charge in [0.1, 0.15) is 23.3 Å². The predicted octanol–water partition coefficient (Wildman–Crippen LogP) is 26.4. The molecule has 0 unspecified atom stereocenters. The van der Waals surface area contributed by atoms with Gasteiger partial charge in [-0.3, -0.25) is 25.0 Å². The van der Waals surface area contributed by atoms with Crippen molar-refractivity contribution < 1.29 is 24.5 Å². The van der Waals surface area contributed by atoms with E-state index in [1.165, 1.54) is 74.1 Å². The van der Waals surface area contributed by atoms with E-state index < -0.39 is 21.7 Å². The van der Waals surface area contributed by atoms with Gasteiger partial charge in [0.15, 0.2) is 5.69 Å². The molecule has 17 aromatic carbocycles. The zero-order chi connectivity index (χ0) is 83.4. The Kier molecular flexibility index (Phi) is 18.0. The van der Waals surface area contributed by atoms with Crippen molar-refractivity contribution in [1.82, 2.24) is 54.8 Å². The van der Waals surface area contributed by atoms with E-state index >= 15 is 0 Å². The molecule has 0 aliphatic carbocycles. The Morgan fingerprint density at radius 1 is 0.350 bits per heavy atom. The molecule has 0 spiro atoms. The van der Waals surface area contributed by atoms with E-state index in [4.69, 9.17) is 26.5 Å². The summed E-state index contributed by atoms with van der Waals surface area (Å²) in [5.41, 5.74) is 14.9. The molecule has 1 amide bonds. The number of nitrogens with zero attached hydrogens (tertiary/aromatic N) is 7. The van der Waals surface area contributed by atoms with Crippen LogP contribution in [0.3, 0.4) is 0 Å². The number of nitrogens with one attached hydrogen (secondary N) is 8. The Hall–Kier alpha value is -16.5. The number of hydrogen-bond acceptors (Lipinski definition) is 10. The summed E-state index contributed by atoms with van der Waals surface area (Å²) in [6, 6.07) is 90.8. The first-order chi connectivity index (χ1) is 60.1. The highest BCUT2D eigenvalue weighted by atomic mass is 79.9. The lowest BCUT2D eigenvalue weighted by Gasteiger charge is -2.11. The summed E-state index contributed by atoms with van der Waals surface area (Å²) in [6.07, 6.45) is 5.82. The Balaban J connectivity index is 0.000000102. The number of aromatic nitrogens is 11. The van der Waals surface area contributed by atoms with E-state index in [0.717, 1.165) is 152 Å². The molecule has 586 valence electrons. The van der Waals surface area contributed by atoms with E-state index in [2.05, 4.69) is 204 Å². The molecule has 24 heteroatoms. The number of H-pyrrole nitrogens is 7. The Bertz CT molecular complexity index is 8430. The molecule has 123 heavy (non-hydrogen) atoms. The fraction of sp³-hybridized carbons (Fsp3) is 0. The normalized spacial score (nSPS) is 11.6. The van der Waals surface area contributed by atoms with Gasteiger partial charge in [0.25, 0.3) is 17.3 Å². The van der Waals surface area contributed by atoms with Gasteiger partial charge in [-0.2, -0.15) is 0 Å². The van der Waals surface area contributed by atoms with Gasteiger partial charge in [-0.05, 0) is 128 Å². The van der Waals surface area contributed by atoms with Crippen molar-refractivity contribution in [3.63, 3.8) is 0 Å². The molecule has 24 aromatic rings. The molecule has 0 bridgehead atoms. The molecule has 0 aliphatic rings. The number of amides is 1. The lowest BCUT2D eigenvalue weighted by atomic mass is 9.99. The number of fused-ring (bicyclic) bond motifs is 27. The highest BCUT2D eigenvalue weighted by molar-refractivity contribution is 9.10. The monoisotopic (exact) mass is 1730 g/mol. The molecule has 0 saturated carbocycles. The van der Waals surface area contributed by atoms with Crippen LogP contribution in [0, 0.1) is 26.8 Å². The maximum Gasteiger partial charge on any atom is 0.336 e. The van der Waals surface area contributed by atoms with Gasteiger partial charge in [0.2, 0.25) is 0 Å². The number of carbonyl (C=O) groups excluding carboxylic acids is 1. The van der Waals surface area contributed by atoms with Crippen LogP contribution in [0.5, 0.6) is 0 Å². The molecule has 9 N–H and O–H groups in total. The average Bonchev–Trinajstić information content (AvgIpc) is 1.60. The van der Waals surface area contributed by atoms with Gasteiger partial charge in [-0.1, -0.05) is 208 Å². The molecule has 0 atom stereocenters. The Labute approximate surface area is 710 Å². The average molecular weight is 1730 g/mol. The first-order valence-corrected chi connectivity index (χ1v) is 40.5. The first-order valence-electron chi connectivity index (χ1n) is 39.0. The molecule has 24 rings (SSSR count). The topological polar surface area (TPSA) is 319 Å². The highest BCUT2D eigenvalue weighted by Gasteiger charge is 2.25. The molecular formula is C99H59Br2N15O7. The second-order valence-electron chi connectivity index (χ2n) is 29.7. The number of carboxylic acid groups (broad SMARTS) is 1. The maximum atomic E-state index is 13.1. The number of halogens is 2. The molecule has 0 fully saturated rings. The summed E-state index contributed by atoms with van der Waals surface area (Å²) in [5.74, 6) is 1.35. The molecular weight excluding hydrogens is 1670 g/mol. The summed E-state index contributed by atoms with van der Waals surface area (Å²) in [4.78, 5) is 93.7. The third-order valence-electron chi connectivity index (χ3n) is 22.7.